The third-order valence-corrected chi connectivity index (χ3v) is 7.06. The number of hydrogen-bond acceptors (Lipinski definition) is 4. The van der Waals surface area contributed by atoms with E-state index in [4.69, 9.17) is 0 Å². The Bertz CT molecular complexity index is 983. The molecule has 1 fully saturated rings. The first-order chi connectivity index (χ1) is 13.4. The Labute approximate surface area is 168 Å². The number of rotatable bonds is 6. The van der Waals surface area contributed by atoms with Crippen molar-refractivity contribution in [1.29, 1.82) is 0 Å². The molecule has 0 saturated carbocycles. The van der Waals surface area contributed by atoms with E-state index in [0.717, 1.165) is 17.1 Å². The lowest BCUT2D eigenvalue weighted by Crippen LogP contribution is -2.63. The molecular weight excluding hydrogens is 374 g/mol. The van der Waals surface area contributed by atoms with Gasteiger partial charge in [-0.15, -0.1) is 11.8 Å². The second kappa shape index (κ2) is 7.26. The maximum Gasteiger partial charge on any atom is 0.353 e. The van der Waals surface area contributed by atoms with Gasteiger partial charge in [0.05, 0.1) is 18.1 Å². The number of carboxylic acids is 1. The summed E-state index contributed by atoms with van der Waals surface area (Å²) < 4.78 is 0. The summed E-state index contributed by atoms with van der Waals surface area (Å²) in [5, 5.41) is 22.0. The van der Waals surface area contributed by atoms with E-state index < -0.39 is 18.0 Å². The first-order valence-electron chi connectivity index (χ1n) is 9.49. The van der Waals surface area contributed by atoms with Crippen molar-refractivity contribution in [2.45, 2.75) is 32.4 Å². The Morgan fingerprint density at radius 1 is 1.21 bits per heavy atom. The number of aliphatic carboxylic acids is 1. The first kappa shape index (κ1) is 19.0. The molecule has 2 aromatic carbocycles. The van der Waals surface area contributed by atoms with Crippen LogP contribution in [0.25, 0.3) is 10.8 Å². The van der Waals surface area contributed by atoms with Gasteiger partial charge in [-0.3, -0.25) is 4.79 Å². The van der Waals surface area contributed by atoms with Crippen LogP contribution in [0.3, 0.4) is 0 Å². The molecule has 2 N–H and O–H groups in total. The molecule has 6 heteroatoms. The summed E-state index contributed by atoms with van der Waals surface area (Å²) in [5.41, 5.74) is 1.30. The van der Waals surface area contributed by atoms with Crippen LogP contribution in [0, 0.1) is 11.8 Å². The van der Waals surface area contributed by atoms with Crippen LogP contribution in [0.5, 0.6) is 0 Å². The summed E-state index contributed by atoms with van der Waals surface area (Å²) in [4.78, 5) is 26.3. The van der Waals surface area contributed by atoms with Crippen molar-refractivity contribution in [2.75, 3.05) is 5.75 Å². The monoisotopic (exact) mass is 397 g/mol. The van der Waals surface area contributed by atoms with E-state index in [2.05, 4.69) is 30.3 Å². The fourth-order valence-corrected chi connectivity index (χ4v) is 5.67. The van der Waals surface area contributed by atoms with Crippen molar-refractivity contribution in [3.8, 4) is 0 Å². The normalized spacial score (nSPS) is 25.0. The molecule has 2 aromatic rings. The predicted molar refractivity (Wildman–Crippen MR) is 110 cm³/mol. The van der Waals surface area contributed by atoms with Crippen LogP contribution in [-0.4, -0.2) is 44.9 Å². The zero-order valence-corrected chi connectivity index (χ0v) is 16.6. The van der Waals surface area contributed by atoms with Gasteiger partial charge in [0.1, 0.15) is 5.70 Å². The molecule has 2 heterocycles. The summed E-state index contributed by atoms with van der Waals surface area (Å²) in [7, 11) is 0. The van der Waals surface area contributed by atoms with E-state index in [9.17, 15) is 19.8 Å². The van der Waals surface area contributed by atoms with Crippen LogP contribution in [0.4, 0.5) is 0 Å². The Balaban J connectivity index is 1.50. The van der Waals surface area contributed by atoms with E-state index in [-0.39, 0.29) is 23.6 Å². The van der Waals surface area contributed by atoms with Crippen molar-refractivity contribution in [2.24, 2.45) is 11.8 Å². The molecule has 1 amide bonds. The second-order valence-corrected chi connectivity index (χ2v) is 8.69. The highest BCUT2D eigenvalue weighted by Crippen LogP contribution is 2.50. The van der Waals surface area contributed by atoms with Crippen molar-refractivity contribution < 1.29 is 19.8 Å². The molecule has 0 aliphatic carbocycles. The Morgan fingerprint density at radius 2 is 1.93 bits per heavy atom. The average Bonchev–Trinajstić information content (AvgIpc) is 2.90. The van der Waals surface area contributed by atoms with Crippen LogP contribution in [0.1, 0.15) is 19.4 Å². The number of carbonyl (C=O) groups is 2. The van der Waals surface area contributed by atoms with Crippen LogP contribution in [0.2, 0.25) is 0 Å². The van der Waals surface area contributed by atoms with E-state index in [0.29, 0.717) is 0 Å². The number of fused-ring (bicyclic) bond motifs is 2. The number of hydrogen-bond donors (Lipinski definition) is 2. The minimum Gasteiger partial charge on any atom is -0.477 e. The number of β-lactam (4-membered cyclic amide) rings is 1. The van der Waals surface area contributed by atoms with Gasteiger partial charge < -0.3 is 15.1 Å². The standard InChI is InChI=1S/C22H23NO4S/c1-12-18-17(13(2)24)21(25)23(18)19(22(26)27)20(12)28-10-9-14-7-8-15-5-3-4-6-16(15)11-14/h3-8,11-13,17-18,24H,9-10H2,1-2H3,(H,26,27)/t12-,13-,17-,18-/m1/s1. The molecule has 4 atom stereocenters. The lowest BCUT2D eigenvalue weighted by atomic mass is 9.79. The second-order valence-electron chi connectivity index (χ2n) is 7.55. The van der Waals surface area contributed by atoms with E-state index >= 15 is 0 Å². The third-order valence-electron chi connectivity index (χ3n) is 5.77. The number of aliphatic hydroxyl groups is 1. The molecule has 28 heavy (non-hydrogen) atoms. The Kier molecular flexibility index (Phi) is 4.93. The maximum absolute atomic E-state index is 12.4. The number of carbonyl (C=O) groups excluding carboxylic acids is 1. The van der Waals surface area contributed by atoms with Crippen molar-refractivity contribution >= 4 is 34.4 Å². The van der Waals surface area contributed by atoms with Crippen LogP contribution >= 0.6 is 11.8 Å². The maximum atomic E-state index is 12.4. The van der Waals surface area contributed by atoms with Crippen molar-refractivity contribution in [3.05, 3.63) is 58.6 Å². The SMILES string of the molecule is C[C@@H](O)[C@H]1C(=O)N2C(C(=O)O)=C(SCCc3ccc4ccccc4c3)[C@H](C)[C@H]12. The van der Waals surface area contributed by atoms with Crippen LogP contribution in [0.15, 0.2) is 53.1 Å². The third kappa shape index (κ3) is 3.01. The molecule has 2 aliphatic rings. The van der Waals surface area contributed by atoms with Gasteiger partial charge in [0.2, 0.25) is 5.91 Å². The van der Waals surface area contributed by atoms with Crippen molar-refractivity contribution in [3.63, 3.8) is 0 Å². The number of aryl methyl sites for hydroxylation is 1. The zero-order chi connectivity index (χ0) is 20.0. The summed E-state index contributed by atoms with van der Waals surface area (Å²) in [6.45, 7) is 3.55. The highest BCUT2D eigenvalue weighted by atomic mass is 32.2. The number of thioether (sulfide) groups is 1. The summed E-state index contributed by atoms with van der Waals surface area (Å²) in [6.07, 6.45) is 0.0463. The molecule has 5 nitrogen and oxygen atoms in total. The fourth-order valence-electron chi connectivity index (χ4n) is 4.39. The summed E-state index contributed by atoms with van der Waals surface area (Å²) in [5.74, 6) is -1.20. The molecular formula is C22H23NO4S. The largest absolute Gasteiger partial charge is 0.477 e. The molecule has 0 bridgehead atoms. The highest BCUT2D eigenvalue weighted by molar-refractivity contribution is 8.03. The highest BCUT2D eigenvalue weighted by Gasteiger charge is 2.59. The molecule has 0 unspecified atom stereocenters. The van der Waals surface area contributed by atoms with Crippen molar-refractivity contribution in [1.82, 2.24) is 4.90 Å². The summed E-state index contributed by atoms with van der Waals surface area (Å²) >= 11 is 1.52. The Hall–Kier alpha value is -2.31. The van der Waals surface area contributed by atoms with Gasteiger partial charge in [-0.05, 0) is 29.7 Å². The Morgan fingerprint density at radius 3 is 2.61 bits per heavy atom. The first-order valence-corrected chi connectivity index (χ1v) is 10.5. The van der Waals surface area contributed by atoms with Crippen LogP contribution < -0.4 is 0 Å². The zero-order valence-electron chi connectivity index (χ0n) is 15.8. The number of aliphatic hydroxyl groups excluding tert-OH is 1. The number of nitrogens with zero attached hydrogens (tertiary/aromatic N) is 1. The molecule has 2 aliphatic heterocycles. The number of benzene rings is 2. The van der Waals surface area contributed by atoms with E-state index in [1.807, 2.05) is 19.1 Å². The van der Waals surface area contributed by atoms with Gasteiger partial charge in [0.15, 0.2) is 0 Å². The average molecular weight is 397 g/mol. The molecule has 0 spiro atoms. The topological polar surface area (TPSA) is 77.8 Å². The molecule has 146 valence electrons. The van der Waals surface area contributed by atoms with Gasteiger partial charge in [0.25, 0.3) is 0 Å². The van der Waals surface area contributed by atoms with Gasteiger partial charge in [0, 0.05) is 16.6 Å². The van der Waals surface area contributed by atoms with Crippen LogP contribution in [-0.2, 0) is 16.0 Å². The van der Waals surface area contributed by atoms with Gasteiger partial charge >= 0.3 is 5.97 Å². The minimum atomic E-state index is -1.07. The smallest absolute Gasteiger partial charge is 0.353 e. The quantitative estimate of drug-likeness (QED) is 0.732. The number of carboxylic acid groups (broad SMARTS) is 1. The molecule has 1 saturated heterocycles. The fraction of sp³-hybridized carbons (Fsp3) is 0.364. The molecule has 0 aromatic heterocycles. The molecule has 0 radical (unpaired) electrons. The molecule has 4 rings (SSSR count). The minimum absolute atomic E-state index is 0.0787. The van der Waals surface area contributed by atoms with Gasteiger partial charge in [-0.25, -0.2) is 4.79 Å². The lowest BCUT2D eigenvalue weighted by molar-refractivity contribution is -0.163. The van der Waals surface area contributed by atoms with Gasteiger partial charge in [-0.1, -0.05) is 49.4 Å². The number of amides is 1. The van der Waals surface area contributed by atoms with Gasteiger partial charge in [-0.2, -0.15) is 0 Å². The lowest BCUT2D eigenvalue weighted by Gasteiger charge is -2.46. The summed E-state index contributed by atoms with van der Waals surface area (Å²) in [6, 6.07) is 14.3. The predicted octanol–water partition coefficient (Wildman–Crippen LogP) is 3.27. The van der Waals surface area contributed by atoms with E-state index in [1.54, 1.807) is 6.92 Å². The van der Waals surface area contributed by atoms with E-state index in [1.165, 1.54) is 33.0 Å².